The number of hydrogen-bond donors (Lipinski definition) is 1. The van der Waals surface area contributed by atoms with Crippen molar-refractivity contribution in [2.75, 3.05) is 0 Å². The molecule has 1 heterocycles. The molecule has 0 saturated heterocycles. The van der Waals surface area contributed by atoms with E-state index in [-0.39, 0.29) is 6.34 Å². The van der Waals surface area contributed by atoms with Gasteiger partial charge in [0, 0.05) is 0 Å². The Morgan fingerprint density at radius 1 is 1.00 bits per heavy atom. The number of halogens is 8. The second-order valence-corrected chi connectivity index (χ2v) is 2.76. The van der Waals surface area contributed by atoms with E-state index in [0.717, 1.165) is 5.43 Å². The number of nitrogens with one attached hydrogen (secondary N) is 1. The van der Waals surface area contributed by atoms with Crippen LogP contribution in [-0.2, 0) is 0 Å². The largest absolute Gasteiger partial charge is 0.475 e. The van der Waals surface area contributed by atoms with Gasteiger partial charge in [-0.2, -0.15) is 40.2 Å². The summed E-state index contributed by atoms with van der Waals surface area (Å²) < 4.78 is 96.7. The van der Waals surface area contributed by atoms with Gasteiger partial charge >= 0.3 is 18.4 Å². The molecule has 0 bridgehead atoms. The van der Waals surface area contributed by atoms with E-state index in [0.29, 0.717) is 0 Å². The highest BCUT2D eigenvalue weighted by Gasteiger charge is 2.67. The molecule has 0 aromatic rings. The van der Waals surface area contributed by atoms with Crippen LogP contribution < -0.4 is 5.43 Å². The molecule has 3 nitrogen and oxygen atoms in total. The molecule has 1 atom stereocenters. The summed E-state index contributed by atoms with van der Waals surface area (Å²) in [7, 11) is 0. The predicted molar refractivity (Wildman–Crippen MR) is 34.3 cm³/mol. The highest BCUT2D eigenvalue weighted by atomic mass is 19.4. The molecule has 11 heteroatoms. The lowest BCUT2D eigenvalue weighted by Crippen LogP contribution is -2.60. The van der Waals surface area contributed by atoms with Crippen molar-refractivity contribution in [1.82, 2.24) is 10.3 Å². The van der Waals surface area contributed by atoms with Crippen LogP contribution in [0.5, 0.6) is 0 Å². The van der Waals surface area contributed by atoms with Gasteiger partial charge in [-0.15, -0.1) is 0 Å². The first-order valence-corrected chi connectivity index (χ1v) is 3.56. The number of alkyl halides is 8. The van der Waals surface area contributed by atoms with Crippen molar-refractivity contribution in [3.05, 3.63) is 0 Å². The molecule has 94 valence electrons. The Hall–Kier alpha value is -1.29. The van der Waals surface area contributed by atoms with Gasteiger partial charge < -0.3 is 0 Å². The smallest absolute Gasteiger partial charge is 0.277 e. The molecular weight excluding hydrogens is 254 g/mol. The average Bonchev–Trinajstić information content (AvgIpc) is 2.47. The Morgan fingerprint density at radius 2 is 1.50 bits per heavy atom. The van der Waals surface area contributed by atoms with Crippen LogP contribution in [0.25, 0.3) is 0 Å². The third-order valence-electron chi connectivity index (χ3n) is 1.63. The van der Waals surface area contributed by atoms with Crippen molar-refractivity contribution in [2.45, 2.75) is 24.6 Å². The highest BCUT2D eigenvalue weighted by molar-refractivity contribution is 5.58. The SMILES string of the molecule is FC(F)(F)C1NN=CN1C(F)(F)C(F)(F)F. The minimum Gasteiger partial charge on any atom is -0.277 e. The summed E-state index contributed by atoms with van der Waals surface area (Å²) in [6.45, 7) is 0. The number of hydrogen-bond acceptors (Lipinski definition) is 3. The molecular formula is C5H3F8N3. The maximum atomic E-state index is 12.6. The van der Waals surface area contributed by atoms with E-state index in [1.807, 2.05) is 0 Å². The van der Waals surface area contributed by atoms with Crippen LogP contribution in [0.2, 0.25) is 0 Å². The summed E-state index contributed by atoms with van der Waals surface area (Å²) in [6, 6.07) is -5.65. The lowest BCUT2D eigenvalue weighted by atomic mass is 10.3. The minimum atomic E-state index is -6.13. The van der Waals surface area contributed by atoms with Gasteiger partial charge in [0.05, 0.1) is 0 Å². The van der Waals surface area contributed by atoms with Gasteiger partial charge in [0.2, 0.25) is 6.17 Å². The van der Waals surface area contributed by atoms with Gasteiger partial charge in [-0.25, -0.2) is 0 Å². The zero-order valence-electron chi connectivity index (χ0n) is 7.07. The molecule has 0 spiro atoms. The highest BCUT2D eigenvalue weighted by Crippen LogP contribution is 2.41. The third-order valence-corrected chi connectivity index (χ3v) is 1.63. The number of hydrazone groups is 1. The van der Waals surface area contributed by atoms with Crippen molar-refractivity contribution in [3.63, 3.8) is 0 Å². The molecule has 0 fully saturated rings. The van der Waals surface area contributed by atoms with Crippen molar-refractivity contribution >= 4 is 6.34 Å². The van der Waals surface area contributed by atoms with E-state index >= 15 is 0 Å². The first-order chi connectivity index (χ1) is 6.98. The molecule has 0 aromatic carbocycles. The quantitative estimate of drug-likeness (QED) is 0.573. The zero-order chi connectivity index (χ0) is 12.8. The van der Waals surface area contributed by atoms with E-state index in [1.54, 1.807) is 0 Å². The summed E-state index contributed by atoms with van der Waals surface area (Å²) in [5.41, 5.74) is 1.12. The Kier molecular flexibility index (Phi) is 2.68. The van der Waals surface area contributed by atoms with Crippen molar-refractivity contribution < 1.29 is 35.1 Å². The fraction of sp³-hybridized carbons (Fsp3) is 0.800. The average molecular weight is 257 g/mol. The van der Waals surface area contributed by atoms with Crippen LogP contribution in [0, 0.1) is 0 Å². The van der Waals surface area contributed by atoms with Gasteiger partial charge in [-0.05, 0) is 0 Å². The summed E-state index contributed by atoms with van der Waals surface area (Å²) >= 11 is 0. The van der Waals surface area contributed by atoms with Gasteiger partial charge in [0.25, 0.3) is 0 Å². The summed E-state index contributed by atoms with van der Waals surface area (Å²) in [6.07, 6.45) is -14.9. The second kappa shape index (κ2) is 3.35. The lowest BCUT2D eigenvalue weighted by Gasteiger charge is -2.33. The number of rotatable bonds is 1. The molecule has 1 unspecified atom stereocenters. The monoisotopic (exact) mass is 257 g/mol. The Labute approximate surface area is 82.7 Å². The molecule has 1 rings (SSSR count). The maximum absolute atomic E-state index is 12.6. The van der Waals surface area contributed by atoms with E-state index in [2.05, 4.69) is 5.10 Å². The first-order valence-electron chi connectivity index (χ1n) is 3.56. The zero-order valence-corrected chi connectivity index (χ0v) is 7.07. The molecule has 0 amide bonds. The maximum Gasteiger partial charge on any atom is 0.475 e. The molecule has 0 aliphatic carbocycles. The van der Waals surface area contributed by atoms with Crippen LogP contribution in [0.4, 0.5) is 35.1 Å². The molecule has 1 aliphatic heterocycles. The van der Waals surface area contributed by atoms with E-state index in [4.69, 9.17) is 0 Å². The van der Waals surface area contributed by atoms with Crippen LogP contribution in [0.1, 0.15) is 0 Å². The van der Waals surface area contributed by atoms with Gasteiger partial charge in [0.15, 0.2) is 0 Å². The molecule has 1 aliphatic rings. The van der Waals surface area contributed by atoms with Crippen molar-refractivity contribution in [2.24, 2.45) is 5.10 Å². The predicted octanol–water partition coefficient (Wildman–Crippen LogP) is 1.88. The fourth-order valence-electron chi connectivity index (χ4n) is 0.907. The molecule has 16 heavy (non-hydrogen) atoms. The van der Waals surface area contributed by atoms with Gasteiger partial charge in [0.1, 0.15) is 6.34 Å². The number of nitrogens with zero attached hydrogens (tertiary/aromatic N) is 2. The standard InChI is InChI=1S/C5H3F8N3/c6-3(7,8)2-15-14-1-16(2)5(12,13)4(9,10)11/h1-2,15H. The van der Waals surface area contributed by atoms with Gasteiger partial charge in [-0.1, -0.05) is 0 Å². The summed E-state index contributed by atoms with van der Waals surface area (Å²) in [5.74, 6) is 0. The molecule has 1 N–H and O–H groups in total. The lowest BCUT2D eigenvalue weighted by molar-refractivity contribution is -0.344. The molecule has 0 radical (unpaired) electrons. The molecule has 0 saturated carbocycles. The van der Waals surface area contributed by atoms with Crippen molar-refractivity contribution in [3.8, 4) is 0 Å². The van der Waals surface area contributed by atoms with Crippen LogP contribution >= 0.6 is 0 Å². The van der Waals surface area contributed by atoms with E-state index in [9.17, 15) is 35.1 Å². The first kappa shape index (κ1) is 12.8. The van der Waals surface area contributed by atoms with Crippen LogP contribution in [-0.4, -0.2) is 35.8 Å². The Morgan fingerprint density at radius 3 is 1.88 bits per heavy atom. The fourth-order valence-corrected chi connectivity index (χ4v) is 0.907. The van der Waals surface area contributed by atoms with Crippen LogP contribution in [0.3, 0.4) is 0 Å². The molecule has 0 aromatic heterocycles. The summed E-state index contributed by atoms with van der Waals surface area (Å²) in [4.78, 5) is -1.23. The van der Waals surface area contributed by atoms with Crippen molar-refractivity contribution in [1.29, 1.82) is 0 Å². The summed E-state index contributed by atoms with van der Waals surface area (Å²) in [5, 5.41) is 2.54. The minimum absolute atomic E-state index is 0.244. The third kappa shape index (κ3) is 1.97. The Balaban J connectivity index is 3.00. The van der Waals surface area contributed by atoms with E-state index < -0.39 is 29.5 Å². The van der Waals surface area contributed by atoms with Crippen LogP contribution in [0.15, 0.2) is 5.10 Å². The Bertz CT molecular complexity index is 291. The van der Waals surface area contributed by atoms with Gasteiger partial charge in [-0.3, -0.25) is 10.3 Å². The topological polar surface area (TPSA) is 27.6 Å². The second-order valence-electron chi connectivity index (χ2n) is 2.76. The normalized spacial score (nSPS) is 22.5. The van der Waals surface area contributed by atoms with E-state index in [1.165, 1.54) is 0 Å².